The van der Waals surface area contributed by atoms with Crippen LogP contribution in [0.5, 0.6) is 0 Å². The Bertz CT molecular complexity index is 1670. The number of amides is 3. The Hall–Kier alpha value is -4.87. The molecule has 11 heteroatoms. The van der Waals surface area contributed by atoms with E-state index in [9.17, 15) is 14.4 Å². The predicted octanol–water partition coefficient (Wildman–Crippen LogP) is 5.31. The van der Waals surface area contributed by atoms with Crippen molar-refractivity contribution >= 4 is 51.7 Å². The normalized spacial score (nSPS) is 18.1. The highest BCUT2D eigenvalue weighted by molar-refractivity contribution is 8.15. The van der Waals surface area contributed by atoms with Crippen LogP contribution in [0.3, 0.4) is 0 Å². The van der Waals surface area contributed by atoms with Gasteiger partial charge in [0.15, 0.2) is 5.17 Å². The highest BCUT2D eigenvalue weighted by Gasteiger charge is 2.39. The maximum atomic E-state index is 13.7. The van der Waals surface area contributed by atoms with Gasteiger partial charge in [-0.05, 0) is 66.6 Å². The maximum Gasteiger partial charge on any atom is 0.247 e. The largest absolute Gasteiger partial charge is 0.467 e. The second kappa shape index (κ2) is 14.5. The van der Waals surface area contributed by atoms with Crippen LogP contribution in [-0.2, 0) is 32.1 Å². The summed E-state index contributed by atoms with van der Waals surface area (Å²) in [5.41, 5.74) is 4.09. The molecule has 6 rings (SSSR count). The first kappa shape index (κ1) is 31.1. The number of thioether (sulfide) groups is 1. The molecule has 3 aromatic carbocycles. The maximum absolute atomic E-state index is 13.7. The lowest BCUT2D eigenvalue weighted by molar-refractivity contribution is -0.126. The second-order valence-electron chi connectivity index (χ2n) is 11.1. The van der Waals surface area contributed by atoms with Crippen molar-refractivity contribution in [2.45, 2.75) is 31.2 Å². The van der Waals surface area contributed by atoms with Crippen LogP contribution < -0.4 is 15.5 Å². The lowest BCUT2D eigenvalue weighted by atomic mass is 10.1. The van der Waals surface area contributed by atoms with Crippen molar-refractivity contribution in [2.24, 2.45) is 4.99 Å². The molecule has 2 aliphatic heterocycles. The van der Waals surface area contributed by atoms with Crippen LogP contribution in [0.2, 0.25) is 0 Å². The molecule has 0 radical (unpaired) electrons. The van der Waals surface area contributed by atoms with E-state index < -0.39 is 11.3 Å². The van der Waals surface area contributed by atoms with Crippen LogP contribution in [0.15, 0.2) is 107 Å². The number of anilines is 2. The molecule has 0 saturated carbocycles. The van der Waals surface area contributed by atoms with Crippen molar-refractivity contribution in [3.63, 3.8) is 0 Å². The molecule has 3 heterocycles. The van der Waals surface area contributed by atoms with Gasteiger partial charge in [0.2, 0.25) is 17.7 Å². The SMILES string of the molecule is C[C@H](NC(=O)Cc1ccccc1)C(=O)Nc1ccc(C2SC(=Nc3ccc(N4CCOCC4)cc3)N(Cc3ccco3)C2=O)cc1. The van der Waals surface area contributed by atoms with Gasteiger partial charge in [-0.3, -0.25) is 19.3 Å². The van der Waals surface area contributed by atoms with E-state index >= 15 is 0 Å². The minimum absolute atomic E-state index is 0.100. The van der Waals surface area contributed by atoms with E-state index in [4.69, 9.17) is 14.1 Å². The Balaban J connectivity index is 1.12. The fourth-order valence-corrected chi connectivity index (χ4v) is 6.43. The molecule has 2 atom stereocenters. The van der Waals surface area contributed by atoms with Crippen LogP contribution >= 0.6 is 11.8 Å². The topological polar surface area (TPSA) is 116 Å². The molecule has 2 aliphatic rings. The molecular weight excluding hydrogens is 602 g/mol. The summed E-state index contributed by atoms with van der Waals surface area (Å²) in [7, 11) is 0. The molecule has 0 bridgehead atoms. The predicted molar refractivity (Wildman–Crippen MR) is 179 cm³/mol. The van der Waals surface area contributed by atoms with Gasteiger partial charge < -0.3 is 24.7 Å². The van der Waals surface area contributed by atoms with E-state index in [2.05, 4.69) is 15.5 Å². The zero-order chi connectivity index (χ0) is 31.9. The van der Waals surface area contributed by atoms with Gasteiger partial charge in [0.1, 0.15) is 17.1 Å². The number of furan rings is 1. The summed E-state index contributed by atoms with van der Waals surface area (Å²) >= 11 is 1.38. The molecule has 10 nitrogen and oxygen atoms in total. The third kappa shape index (κ3) is 7.67. The summed E-state index contributed by atoms with van der Waals surface area (Å²) in [4.78, 5) is 47.7. The van der Waals surface area contributed by atoms with Crippen LogP contribution in [0.1, 0.15) is 29.1 Å². The van der Waals surface area contributed by atoms with Crippen LogP contribution in [0.4, 0.5) is 17.1 Å². The van der Waals surface area contributed by atoms with E-state index in [-0.39, 0.29) is 30.7 Å². The number of hydrogen-bond acceptors (Lipinski definition) is 8. The molecule has 0 aliphatic carbocycles. The molecule has 46 heavy (non-hydrogen) atoms. The summed E-state index contributed by atoms with van der Waals surface area (Å²) in [5.74, 6) is -0.00521. The van der Waals surface area contributed by atoms with E-state index in [1.54, 1.807) is 36.3 Å². The molecule has 2 N–H and O–H groups in total. The fraction of sp³-hybridized carbons (Fsp3) is 0.257. The highest BCUT2D eigenvalue weighted by atomic mass is 32.2. The third-order valence-electron chi connectivity index (χ3n) is 7.75. The quantitative estimate of drug-likeness (QED) is 0.242. The number of benzene rings is 3. The Kier molecular flexibility index (Phi) is 9.80. The first-order valence-electron chi connectivity index (χ1n) is 15.2. The standard InChI is InChI=1S/C35H35N5O5S/c1-24(36-31(41)22-25-6-3-2-4-7-25)33(42)37-27-11-9-26(10-12-27)32-34(43)40(23-30-8-5-19-45-30)35(46-32)38-28-13-15-29(16-14-28)39-17-20-44-21-18-39/h2-16,19,24,32H,17-18,20-23H2,1H3,(H,36,41)(H,37,42)/t24-,32?/m0/s1. The number of nitrogens with zero attached hydrogens (tertiary/aromatic N) is 3. The van der Waals surface area contributed by atoms with Crippen molar-refractivity contribution in [2.75, 3.05) is 36.5 Å². The molecule has 2 fully saturated rings. The molecule has 4 aromatic rings. The van der Waals surface area contributed by atoms with Crippen molar-refractivity contribution in [1.82, 2.24) is 10.2 Å². The van der Waals surface area contributed by atoms with Gasteiger partial charge in [0.25, 0.3) is 0 Å². The van der Waals surface area contributed by atoms with Crippen molar-refractivity contribution < 1.29 is 23.5 Å². The van der Waals surface area contributed by atoms with Crippen molar-refractivity contribution in [3.05, 3.63) is 114 Å². The van der Waals surface area contributed by atoms with Gasteiger partial charge in [0.05, 0.1) is 38.1 Å². The number of nitrogens with one attached hydrogen (secondary N) is 2. The summed E-state index contributed by atoms with van der Waals surface area (Å²) in [6.45, 7) is 5.04. The van der Waals surface area contributed by atoms with Gasteiger partial charge in [-0.15, -0.1) is 0 Å². The van der Waals surface area contributed by atoms with Crippen molar-refractivity contribution in [1.29, 1.82) is 0 Å². The summed E-state index contributed by atoms with van der Waals surface area (Å²) < 4.78 is 11.0. The first-order valence-corrected chi connectivity index (χ1v) is 16.1. The molecule has 1 aromatic heterocycles. The van der Waals surface area contributed by atoms with Gasteiger partial charge in [-0.2, -0.15) is 0 Å². The third-order valence-corrected chi connectivity index (χ3v) is 8.98. The Labute approximate surface area is 271 Å². The zero-order valence-corrected chi connectivity index (χ0v) is 26.2. The number of rotatable bonds is 10. The number of ether oxygens (including phenoxy) is 1. The average molecular weight is 638 g/mol. The lowest BCUT2D eigenvalue weighted by Gasteiger charge is -2.28. The molecule has 2 saturated heterocycles. The second-order valence-corrected chi connectivity index (χ2v) is 12.1. The molecule has 236 valence electrons. The van der Waals surface area contributed by atoms with Gasteiger partial charge >= 0.3 is 0 Å². The highest BCUT2D eigenvalue weighted by Crippen LogP contribution is 2.41. The summed E-state index contributed by atoms with van der Waals surface area (Å²) in [6.07, 6.45) is 1.78. The Morgan fingerprint density at radius 3 is 2.39 bits per heavy atom. The summed E-state index contributed by atoms with van der Waals surface area (Å²) in [6, 6.07) is 27.5. The van der Waals surface area contributed by atoms with Crippen LogP contribution in [-0.4, -0.2) is 60.1 Å². The Morgan fingerprint density at radius 2 is 1.70 bits per heavy atom. The van der Waals surface area contributed by atoms with E-state index in [0.717, 1.165) is 35.6 Å². The summed E-state index contributed by atoms with van der Waals surface area (Å²) in [5, 5.41) is 5.66. The number of hydrogen-bond donors (Lipinski definition) is 2. The first-order chi connectivity index (χ1) is 22.4. The monoisotopic (exact) mass is 637 g/mol. The minimum Gasteiger partial charge on any atom is -0.467 e. The molecule has 3 amide bonds. The van der Waals surface area contributed by atoms with Gasteiger partial charge in [0, 0.05) is 24.5 Å². The number of amidine groups is 1. The number of carbonyl (C=O) groups excluding carboxylic acids is 3. The fourth-order valence-electron chi connectivity index (χ4n) is 5.26. The van der Waals surface area contributed by atoms with Crippen molar-refractivity contribution in [3.8, 4) is 0 Å². The number of carbonyl (C=O) groups is 3. The van der Waals surface area contributed by atoms with E-state index in [0.29, 0.717) is 29.8 Å². The molecule has 1 unspecified atom stereocenters. The lowest BCUT2D eigenvalue weighted by Crippen LogP contribution is -2.42. The minimum atomic E-state index is -0.722. The molecular formula is C35H35N5O5S. The number of morpholine rings is 1. The Morgan fingerprint density at radius 1 is 0.957 bits per heavy atom. The average Bonchev–Trinajstić information content (AvgIpc) is 3.70. The van der Waals surface area contributed by atoms with Crippen LogP contribution in [0, 0.1) is 0 Å². The van der Waals surface area contributed by atoms with Crippen LogP contribution in [0.25, 0.3) is 0 Å². The number of aliphatic imine (C=N–C) groups is 1. The molecule has 0 spiro atoms. The van der Waals surface area contributed by atoms with E-state index in [1.165, 1.54) is 11.8 Å². The zero-order valence-electron chi connectivity index (χ0n) is 25.4. The van der Waals surface area contributed by atoms with E-state index in [1.807, 2.05) is 72.8 Å². The smallest absolute Gasteiger partial charge is 0.247 e. The van der Waals surface area contributed by atoms with Gasteiger partial charge in [-0.1, -0.05) is 54.2 Å². The van der Waals surface area contributed by atoms with Gasteiger partial charge in [-0.25, -0.2) is 4.99 Å².